The molecule has 0 bridgehead atoms. The SMILES string of the molecule is CCOc1ccc(C(=O)/C(=N/Nc2ccccc2)c2nc3ccccc3[nH]c2=O)cc1. The van der Waals surface area contributed by atoms with Gasteiger partial charge in [-0.15, -0.1) is 0 Å². The Balaban J connectivity index is 1.78. The summed E-state index contributed by atoms with van der Waals surface area (Å²) in [4.78, 5) is 33.3. The summed E-state index contributed by atoms with van der Waals surface area (Å²) in [6, 6.07) is 23.0. The standard InChI is InChI=1S/C24H20N4O3/c1-2-31-18-14-12-16(13-15-18)23(29)21(28-27-17-8-4-3-5-9-17)22-24(30)26-20-11-7-6-10-19(20)25-22/h3-15,27H,2H2,1H3,(H,26,30)/b28-21+. The molecule has 0 amide bonds. The van der Waals surface area contributed by atoms with Crippen LogP contribution < -0.4 is 15.7 Å². The van der Waals surface area contributed by atoms with E-state index in [1.807, 2.05) is 31.2 Å². The zero-order valence-corrected chi connectivity index (χ0v) is 16.8. The molecule has 3 aromatic carbocycles. The normalized spacial score (nSPS) is 11.3. The van der Waals surface area contributed by atoms with Crippen LogP contribution >= 0.6 is 0 Å². The number of hydrazone groups is 1. The molecule has 0 saturated heterocycles. The molecule has 0 aliphatic rings. The Labute approximate surface area is 178 Å². The van der Waals surface area contributed by atoms with Crippen molar-refractivity contribution in [3.63, 3.8) is 0 Å². The first-order chi connectivity index (χ1) is 15.2. The number of nitrogens with zero attached hydrogens (tertiary/aromatic N) is 2. The maximum atomic E-state index is 13.3. The van der Waals surface area contributed by atoms with Gasteiger partial charge in [0, 0.05) is 5.56 Å². The van der Waals surface area contributed by atoms with E-state index in [0.29, 0.717) is 34.6 Å². The Bertz CT molecular complexity index is 1300. The van der Waals surface area contributed by atoms with Crippen molar-refractivity contribution in [2.75, 3.05) is 12.0 Å². The highest BCUT2D eigenvalue weighted by Crippen LogP contribution is 2.15. The number of aromatic amines is 1. The van der Waals surface area contributed by atoms with Crippen molar-refractivity contribution in [3.05, 3.63) is 100 Å². The summed E-state index contributed by atoms with van der Waals surface area (Å²) in [7, 11) is 0. The van der Waals surface area contributed by atoms with E-state index in [0.717, 1.165) is 0 Å². The Morgan fingerprint density at radius 3 is 2.45 bits per heavy atom. The third-order valence-electron chi connectivity index (χ3n) is 4.54. The van der Waals surface area contributed by atoms with Crippen LogP contribution in [0, 0.1) is 0 Å². The summed E-state index contributed by atoms with van der Waals surface area (Å²) in [5.41, 5.74) is 4.41. The fourth-order valence-corrected chi connectivity index (χ4v) is 3.04. The maximum absolute atomic E-state index is 13.3. The summed E-state index contributed by atoms with van der Waals surface area (Å²) in [5, 5.41) is 4.27. The number of carbonyl (C=O) groups excluding carboxylic acids is 1. The van der Waals surface area contributed by atoms with E-state index >= 15 is 0 Å². The van der Waals surface area contributed by atoms with Gasteiger partial charge in [0.2, 0.25) is 5.78 Å². The number of hydrogen-bond donors (Lipinski definition) is 2. The summed E-state index contributed by atoms with van der Waals surface area (Å²) in [5.74, 6) is 0.224. The van der Waals surface area contributed by atoms with E-state index in [1.54, 1.807) is 54.6 Å². The number of benzene rings is 3. The van der Waals surface area contributed by atoms with Gasteiger partial charge in [0.25, 0.3) is 5.56 Å². The number of para-hydroxylation sites is 3. The van der Waals surface area contributed by atoms with Gasteiger partial charge in [-0.05, 0) is 55.5 Å². The van der Waals surface area contributed by atoms with E-state index in [-0.39, 0.29) is 11.4 Å². The zero-order chi connectivity index (χ0) is 21.6. The lowest BCUT2D eigenvalue weighted by atomic mass is 10.0. The van der Waals surface area contributed by atoms with Gasteiger partial charge in [-0.2, -0.15) is 5.10 Å². The monoisotopic (exact) mass is 412 g/mol. The Kier molecular flexibility index (Phi) is 5.84. The van der Waals surface area contributed by atoms with Gasteiger partial charge >= 0.3 is 0 Å². The summed E-state index contributed by atoms with van der Waals surface area (Å²) in [6.45, 7) is 2.41. The van der Waals surface area contributed by atoms with Gasteiger partial charge in [-0.1, -0.05) is 30.3 Å². The zero-order valence-electron chi connectivity index (χ0n) is 16.8. The average Bonchev–Trinajstić information content (AvgIpc) is 2.80. The molecule has 0 spiro atoms. The van der Waals surface area contributed by atoms with Crippen molar-refractivity contribution in [1.82, 2.24) is 9.97 Å². The molecule has 1 heterocycles. The van der Waals surface area contributed by atoms with E-state index in [1.165, 1.54) is 0 Å². The number of ketones is 1. The molecule has 7 nitrogen and oxygen atoms in total. The smallest absolute Gasteiger partial charge is 0.276 e. The molecule has 0 aliphatic heterocycles. The Morgan fingerprint density at radius 1 is 1.00 bits per heavy atom. The van der Waals surface area contributed by atoms with Gasteiger partial charge in [0.1, 0.15) is 5.75 Å². The lowest BCUT2D eigenvalue weighted by Gasteiger charge is -2.08. The van der Waals surface area contributed by atoms with E-state index in [9.17, 15) is 9.59 Å². The minimum atomic E-state index is -0.494. The first kappa shape index (κ1) is 20.0. The van der Waals surface area contributed by atoms with Crippen molar-refractivity contribution in [2.45, 2.75) is 6.92 Å². The van der Waals surface area contributed by atoms with Crippen molar-refractivity contribution >= 4 is 28.2 Å². The minimum absolute atomic E-state index is 0.0546. The van der Waals surface area contributed by atoms with Crippen LogP contribution in [0.15, 0.2) is 88.8 Å². The molecule has 0 aliphatic carbocycles. The number of fused-ring (bicyclic) bond motifs is 1. The minimum Gasteiger partial charge on any atom is -0.494 e. The molecule has 2 N–H and O–H groups in total. The first-order valence-corrected chi connectivity index (χ1v) is 9.81. The fourth-order valence-electron chi connectivity index (χ4n) is 3.04. The lowest BCUT2D eigenvalue weighted by molar-refractivity contribution is 0.106. The van der Waals surface area contributed by atoms with Crippen LogP contribution in [0.5, 0.6) is 5.75 Å². The highest BCUT2D eigenvalue weighted by atomic mass is 16.5. The largest absolute Gasteiger partial charge is 0.494 e. The van der Waals surface area contributed by atoms with Crippen LogP contribution in [0.1, 0.15) is 23.0 Å². The number of nitrogens with one attached hydrogen (secondary N) is 2. The molecule has 154 valence electrons. The molecular weight excluding hydrogens is 392 g/mol. The molecule has 4 aromatic rings. The third-order valence-corrected chi connectivity index (χ3v) is 4.54. The molecule has 7 heteroatoms. The van der Waals surface area contributed by atoms with Crippen molar-refractivity contribution < 1.29 is 9.53 Å². The van der Waals surface area contributed by atoms with Gasteiger partial charge in [-0.25, -0.2) is 4.98 Å². The Hall–Kier alpha value is -4.26. The number of H-pyrrole nitrogens is 1. The average molecular weight is 412 g/mol. The summed E-state index contributed by atoms with van der Waals surface area (Å²) in [6.07, 6.45) is 0. The number of Topliss-reactive ketones (excluding diaryl/α,β-unsaturated/α-hetero) is 1. The second-order valence-electron chi connectivity index (χ2n) is 6.66. The van der Waals surface area contributed by atoms with Crippen molar-refractivity contribution in [2.24, 2.45) is 5.10 Å². The van der Waals surface area contributed by atoms with Gasteiger partial charge in [0.05, 0.1) is 23.3 Å². The molecule has 4 rings (SSSR count). The number of anilines is 1. The molecule has 0 atom stereocenters. The molecule has 0 radical (unpaired) electrons. The van der Waals surface area contributed by atoms with Crippen LogP contribution in [-0.4, -0.2) is 28.1 Å². The van der Waals surface area contributed by atoms with E-state index < -0.39 is 11.3 Å². The molecule has 0 saturated carbocycles. The first-order valence-electron chi connectivity index (χ1n) is 9.81. The summed E-state index contributed by atoms with van der Waals surface area (Å²) < 4.78 is 5.44. The number of ether oxygens (including phenoxy) is 1. The Morgan fingerprint density at radius 2 is 1.71 bits per heavy atom. The fraction of sp³-hybridized carbons (Fsp3) is 0.0833. The van der Waals surface area contributed by atoms with Crippen molar-refractivity contribution in [1.29, 1.82) is 0 Å². The van der Waals surface area contributed by atoms with Crippen LogP contribution in [0.25, 0.3) is 11.0 Å². The topological polar surface area (TPSA) is 96.4 Å². The second-order valence-corrected chi connectivity index (χ2v) is 6.66. The number of rotatable bonds is 7. The maximum Gasteiger partial charge on any atom is 0.276 e. The van der Waals surface area contributed by atoms with Crippen molar-refractivity contribution in [3.8, 4) is 5.75 Å². The van der Waals surface area contributed by atoms with E-state index in [4.69, 9.17) is 4.74 Å². The predicted octanol–water partition coefficient (Wildman–Crippen LogP) is 4.02. The second kappa shape index (κ2) is 9.04. The molecule has 0 fully saturated rings. The van der Waals surface area contributed by atoms with Crippen LogP contribution in [0.4, 0.5) is 5.69 Å². The summed E-state index contributed by atoms with van der Waals surface area (Å²) >= 11 is 0. The number of hydrogen-bond acceptors (Lipinski definition) is 6. The van der Waals surface area contributed by atoms with Crippen LogP contribution in [0.3, 0.4) is 0 Å². The molecule has 1 aromatic heterocycles. The molecule has 0 unspecified atom stereocenters. The van der Waals surface area contributed by atoms with Gasteiger partial charge < -0.3 is 9.72 Å². The van der Waals surface area contributed by atoms with Gasteiger partial charge in [0.15, 0.2) is 11.4 Å². The van der Waals surface area contributed by atoms with Gasteiger partial charge in [-0.3, -0.25) is 15.0 Å². The quantitative estimate of drug-likeness (QED) is 0.271. The predicted molar refractivity (Wildman–Crippen MR) is 121 cm³/mol. The van der Waals surface area contributed by atoms with Crippen LogP contribution in [0.2, 0.25) is 0 Å². The number of aromatic nitrogens is 2. The van der Waals surface area contributed by atoms with Crippen LogP contribution in [-0.2, 0) is 0 Å². The third kappa shape index (κ3) is 4.51. The highest BCUT2D eigenvalue weighted by Gasteiger charge is 2.22. The molecular formula is C24H20N4O3. The highest BCUT2D eigenvalue weighted by molar-refractivity contribution is 6.51. The van der Waals surface area contributed by atoms with E-state index in [2.05, 4.69) is 20.5 Å². The molecule has 31 heavy (non-hydrogen) atoms. The lowest BCUT2D eigenvalue weighted by Crippen LogP contribution is -2.27. The number of carbonyl (C=O) groups is 1.